The van der Waals surface area contributed by atoms with Gasteiger partial charge in [-0.05, 0) is 30.2 Å². The monoisotopic (exact) mass is 427 g/mol. The highest BCUT2D eigenvalue weighted by atomic mass is 32.2. The second-order valence-corrected chi connectivity index (χ2v) is 8.58. The number of carbonyl (C=O) groups is 1. The summed E-state index contributed by atoms with van der Waals surface area (Å²) in [6, 6.07) is 14.0. The van der Waals surface area contributed by atoms with Gasteiger partial charge in [0.05, 0.1) is 24.3 Å². The van der Waals surface area contributed by atoms with Gasteiger partial charge >= 0.3 is 10.2 Å². The summed E-state index contributed by atoms with van der Waals surface area (Å²) in [5, 5.41) is 4.17. The van der Waals surface area contributed by atoms with Gasteiger partial charge in [-0.3, -0.25) is 4.31 Å². The van der Waals surface area contributed by atoms with Crippen molar-refractivity contribution in [3.8, 4) is 5.75 Å². The zero-order valence-corrected chi connectivity index (χ0v) is 17.1. The molecule has 4 rings (SSSR count). The molecule has 0 amide bonds. The highest BCUT2D eigenvalue weighted by Gasteiger charge is 2.37. The number of nitrogens with zero attached hydrogens (tertiary/aromatic N) is 4. The van der Waals surface area contributed by atoms with Crippen molar-refractivity contribution < 1.29 is 17.9 Å². The van der Waals surface area contributed by atoms with Gasteiger partial charge in [0.1, 0.15) is 31.3 Å². The van der Waals surface area contributed by atoms with Gasteiger partial charge < -0.3 is 9.53 Å². The molecule has 0 saturated carbocycles. The standard InChI is InChI=1S/C20H21N5O4S/c1-15(24-14-21-13-22-24)17-7-8-19(25-10-18(11-26)23-30(25,27)28)20(9-17)29-12-16-5-3-2-4-6-16/h2-9,11,13-15,18,23H,10,12H2,1H3. The van der Waals surface area contributed by atoms with Crippen molar-refractivity contribution >= 4 is 22.2 Å². The molecule has 1 saturated heterocycles. The smallest absolute Gasteiger partial charge is 0.302 e. The number of nitrogens with one attached hydrogen (secondary N) is 1. The second-order valence-electron chi connectivity index (χ2n) is 6.95. The first-order valence-electron chi connectivity index (χ1n) is 9.38. The Balaban J connectivity index is 1.70. The van der Waals surface area contributed by atoms with E-state index in [9.17, 15) is 13.2 Å². The maximum Gasteiger partial charge on any atom is 0.302 e. The lowest BCUT2D eigenvalue weighted by Gasteiger charge is -2.22. The van der Waals surface area contributed by atoms with Crippen molar-refractivity contribution in [1.82, 2.24) is 19.5 Å². The van der Waals surface area contributed by atoms with Gasteiger partial charge in [-0.25, -0.2) is 9.67 Å². The Bertz CT molecular complexity index is 1120. The molecule has 3 aromatic rings. The van der Waals surface area contributed by atoms with E-state index < -0.39 is 16.3 Å². The summed E-state index contributed by atoms with van der Waals surface area (Å²) in [6.45, 7) is 2.24. The van der Waals surface area contributed by atoms with Crippen molar-refractivity contribution in [2.45, 2.75) is 25.6 Å². The number of ether oxygens (including phenoxy) is 1. The number of hydrogen-bond donors (Lipinski definition) is 1. The first-order valence-corrected chi connectivity index (χ1v) is 10.8. The fourth-order valence-electron chi connectivity index (χ4n) is 3.29. The predicted molar refractivity (Wildman–Crippen MR) is 110 cm³/mol. The van der Waals surface area contributed by atoms with Gasteiger partial charge in [0, 0.05) is 0 Å². The minimum atomic E-state index is -3.84. The van der Waals surface area contributed by atoms with Gasteiger partial charge in [-0.15, -0.1) is 0 Å². The first-order chi connectivity index (χ1) is 14.5. The van der Waals surface area contributed by atoms with Crippen LogP contribution in [0.1, 0.15) is 24.1 Å². The van der Waals surface area contributed by atoms with Crippen LogP contribution in [0.3, 0.4) is 0 Å². The van der Waals surface area contributed by atoms with E-state index >= 15 is 0 Å². The highest BCUT2D eigenvalue weighted by Crippen LogP contribution is 2.35. The van der Waals surface area contributed by atoms with Crippen molar-refractivity contribution in [1.29, 1.82) is 0 Å². The number of benzene rings is 2. The maximum absolute atomic E-state index is 12.5. The van der Waals surface area contributed by atoms with Crippen LogP contribution in [0.4, 0.5) is 5.69 Å². The average molecular weight is 427 g/mol. The van der Waals surface area contributed by atoms with E-state index in [1.54, 1.807) is 23.1 Å². The van der Waals surface area contributed by atoms with Crippen molar-refractivity contribution in [3.05, 3.63) is 72.3 Å². The average Bonchev–Trinajstić information content (AvgIpc) is 3.40. The molecule has 0 radical (unpaired) electrons. The molecule has 0 aliphatic carbocycles. The molecule has 156 valence electrons. The molecule has 2 atom stereocenters. The van der Waals surface area contributed by atoms with E-state index in [0.29, 0.717) is 17.7 Å². The zero-order chi connectivity index (χ0) is 21.1. The summed E-state index contributed by atoms with van der Waals surface area (Å²) in [6.07, 6.45) is 3.66. The van der Waals surface area contributed by atoms with E-state index in [2.05, 4.69) is 14.8 Å². The molecule has 0 bridgehead atoms. The molecule has 30 heavy (non-hydrogen) atoms. The van der Waals surface area contributed by atoms with Crippen molar-refractivity contribution in [3.63, 3.8) is 0 Å². The van der Waals surface area contributed by atoms with Crippen molar-refractivity contribution in [2.24, 2.45) is 0 Å². The van der Waals surface area contributed by atoms with Gasteiger partial charge in [0.15, 0.2) is 0 Å². The number of carbonyl (C=O) groups excluding carboxylic acids is 1. The molecule has 1 aliphatic heterocycles. The number of anilines is 1. The lowest BCUT2D eigenvalue weighted by Crippen LogP contribution is -2.30. The van der Waals surface area contributed by atoms with E-state index in [1.807, 2.05) is 43.3 Å². The fraction of sp³-hybridized carbons (Fsp3) is 0.250. The molecule has 1 N–H and O–H groups in total. The summed E-state index contributed by atoms with van der Waals surface area (Å²) in [5.74, 6) is 0.403. The Kier molecular flexibility index (Phi) is 5.51. The Morgan fingerprint density at radius 3 is 2.73 bits per heavy atom. The molecule has 10 heteroatoms. The van der Waals surface area contributed by atoms with Crippen LogP contribution in [0.15, 0.2) is 61.2 Å². The SMILES string of the molecule is CC(c1ccc(N2CC(C=O)NS2(=O)=O)c(OCc2ccccc2)c1)n1cncn1. The van der Waals surface area contributed by atoms with E-state index in [4.69, 9.17) is 4.74 Å². The first kappa shape index (κ1) is 20.0. The fourth-order valence-corrected chi connectivity index (χ4v) is 4.69. The zero-order valence-electron chi connectivity index (χ0n) is 16.2. The summed E-state index contributed by atoms with van der Waals surface area (Å²) < 4.78 is 36.3. The molecule has 2 aromatic carbocycles. The van der Waals surface area contributed by atoms with Gasteiger partial charge in [-0.1, -0.05) is 36.4 Å². The Morgan fingerprint density at radius 2 is 2.07 bits per heavy atom. The Labute approximate surface area is 174 Å². The minimum absolute atomic E-state index is 0.00546. The van der Waals surface area contributed by atoms with Crippen LogP contribution in [0.2, 0.25) is 0 Å². The normalized spacial score (nSPS) is 18.8. The largest absolute Gasteiger partial charge is 0.487 e. The minimum Gasteiger partial charge on any atom is -0.487 e. The Morgan fingerprint density at radius 1 is 1.27 bits per heavy atom. The highest BCUT2D eigenvalue weighted by molar-refractivity contribution is 7.91. The number of aldehydes is 1. The van der Waals surface area contributed by atoms with Crippen LogP contribution in [-0.2, 0) is 21.6 Å². The Hall–Kier alpha value is -3.24. The molecule has 1 fully saturated rings. The lowest BCUT2D eigenvalue weighted by molar-refractivity contribution is -0.108. The van der Waals surface area contributed by atoms with Crippen molar-refractivity contribution in [2.75, 3.05) is 10.8 Å². The van der Waals surface area contributed by atoms with Crippen LogP contribution in [0.25, 0.3) is 0 Å². The molecule has 0 spiro atoms. The summed E-state index contributed by atoms with van der Waals surface area (Å²) in [4.78, 5) is 15.1. The molecule has 1 aromatic heterocycles. The molecule has 9 nitrogen and oxygen atoms in total. The van der Waals surface area contributed by atoms with Crippen LogP contribution in [-0.4, -0.2) is 42.1 Å². The third-order valence-corrected chi connectivity index (χ3v) is 6.45. The van der Waals surface area contributed by atoms with Crippen LogP contribution < -0.4 is 13.8 Å². The number of rotatable bonds is 7. The quantitative estimate of drug-likeness (QED) is 0.575. The number of hydrogen-bond acceptors (Lipinski definition) is 6. The van der Waals surface area contributed by atoms with Crippen LogP contribution in [0, 0.1) is 0 Å². The summed E-state index contributed by atoms with van der Waals surface area (Å²) >= 11 is 0. The predicted octanol–water partition coefficient (Wildman–Crippen LogP) is 1.69. The molecular weight excluding hydrogens is 406 g/mol. The molecule has 1 aliphatic rings. The second kappa shape index (κ2) is 8.25. The van der Waals surface area contributed by atoms with Gasteiger partial charge in [0.2, 0.25) is 0 Å². The van der Waals surface area contributed by atoms with E-state index in [-0.39, 0.29) is 19.2 Å². The van der Waals surface area contributed by atoms with Crippen LogP contribution >= 0.6 is 0 Å². The topological polar surface area (TPSA) is 106 Å². The number of aromatic nitrogens is 3. The van der Waals surface area contributed by atoms with E-state index in [1.165, 1.54) is 6.33 Å². The molecule has 2 heterocycles. The van der Waals surface area contributed by atoms with Gasteiger partial charge in [-0.2, -0.15) is 18.2 Å². The third kappa shape index (κ3) is 4.05. The maximum atomic E-state index is 12.5. The van der Waals surface area contributed by atoms with Crippen LogP contribution in [0.5, 0.6) is 5.75 Å². The molecule has 2 unspecified atom stereocenters. The molecular formula is C20H21N5O4S. The van der Waals surface area contributed by atoms with Gasteiger partial charge in [0.25, 0.3) is 0 Å². The van der Waals surface area contributed by atoms with E-state index in [0.717, 1.165) is 15.4 Å². The summed E-state index contributed by atoms with van der Waals surface area (Å²) in [7, 11) is -3.84. The lowest BCUT2D eigenvalue weighted by atomic mass is 10.1. The summed E-state index contributed by atoms with van der Waals surface area (Å²) in [5.41, 5.74) is 2.20. The third-order valence-electron chi connectivity index (χ3n) is 4.92.